The lowest BCUT2D eigenvalue weighted by atomic mass is 9.92. The third kappa shape index (κ3) is 3.61. The lowest BCUT2D eigenvalue weighted by Gasteiger charge is -2.38. The molecule has 0 unspecified atom stereocenters. The predicted molar refractivity (Wildman–Crippen MR) is 108 cm³/mol. The summed E-state index contributed by atoms with van der Waals surface area (Å²) in [4.78, 5) is 14.4. The number of para-hydroxylation sites is 1. The highest BCUT2D eigenvalue weighted by Crippen LogP contribution is 2.36. The first kappa shape index (κ1) is 18.5. The Morgan fingerprint density at radius 1 is 1.04 bits per heavy atom. The molecule has 138 valence electrons. The summed E-state index contributed by atoms with van der Waals surface area (Å²) in [7, 11) is 0. The smallest absolute Gasteiger partial charge is 0.248 e. The first-order valence-corrected chi connectivity index (χ1v) is 9.66. The molecule has 0 aliphatic carbocycles. The predicted octanol–water partition coefficient (Wildman–Crippen LogP) is 3.80. The third-order valence-corrected chi connectivity index (χ3v) is 5.35. The number of anilines is 2. The Kier molecular flexibility index (Phi) is 5.94. The Balaban J connectivity index is 2.16. The van der Waals surface area contributed by atoms with Crippen LogP contribution in [0.15, 0.2) is 42.5 Å². The van der Waals surface area contributed by atoms with Gasteiger partial charge in [-0.1, -0.05) is 32.0 Å². The van der Waals surface area contributed by atoms with Gasteiger partial charge in [0.15, 0.2) is 0 Å². The number of nitrogens with zero attached hydrogens (tertiary/aromatic N) is 1. The van der Waals surface area contributed by atoms with Gasteiger partial charge < -0.3 is 16.0 Å². The van der Waals surface area contributed by atoms with E-state index >= 15 is 0 Å². The molecule has 0 radical (unpaired) electrons. The lowest BCUT2D eigenvalue weighted by molar-refractivity contribution is 0.0999. The number of carbonyl (C=O) groups excluding carboxylic acids is 1. The van der Waals surface area contributed by atoms with Crippen LogP contribution < -0.4 is 16.0 Å². The van der Waals surface area contributed by atoms with Gasteiger partial charge >= 0.3 is 0 Å². The molecule has 2 aromatic rings. The van der Waals surface area contributed by atoms with Gasteiger partial charge in [0.05, 0.1) is 0 Å². The molecule has 1 aliphatic rings. The summed E-state index contributed by atoms with van der Waals surface area (Å²) in [5.41, 5.74) is 11.1. The zero-order chi connectivity index (χ0) is 18.5. The van der Waals surface area contributed by atoms with Gasteiger partial charge in [-0.05, 0) is 74.2 Å². The van der Waals surface area contributed by atoms with Crippen LogP contribution in [0.4, 0.5) is 11.4 Å². The molecule has 0 bridgehead atoms. The molecule has 1 saturated heterocycles. The molecule has 0 atom stereocenters. The second kappa shape index (κ2) is 8.37. The van der Waals surface area contributed by atoms with Crippen molar-refractivity contribution in [1.82, 2.24) is 5.32 Å². The highest BCUT2D eigenvalue weighted by molar-refractivity contribution is 5.95. The summed E-state index contributed by atoms with van der Waals surface area (Å²) in [6.07, 6.45) is 3.91. The average Bonchev–Trinajstić information content (AvgIpc) is 2.69. The van der Waals surface area contributed by atoms with Crippen molar-refractivity contribution in [2.45, 2.75) is 45.6 Å². The van der Waals surface area contributed by atoms with Crippen LogP contribution >= 0.6 is 0 Å². The number of nitrogens with one attached hydrogen (secondary N) is 1. The summed E-state index contributed by atoms with van der Waals surface area (Å²) in [5, 5.41) is 3.46. The molecule has 3 N–H and O–H groups in total. The van der Waals surface area contributed by atoms with Crippen LogP contribution in [0.1, 0.15) is 48.2 Å². The number of primary amides is 1. The van der Waals surface area contributed by atoms with Gasteiger partial charge in [-0.25, -0.2) is 0 Å². The number of rotatable bonds is 6. The largest absolute Gasteiger partial charge is 0.366 e. The number of amides is 1. The van der Waals surface area contributed by atoms with Gasteiger partial charge in [-0.15, -0.1) is 0 Å². The van der Waals surface area contributed by atoms with E-state index in [-0.39, 0.29) is 5.91 Å². The third-order valence-electron chi connectivity index (χ3n) is 5.35. The van der Waals surface area contributed by atoms with Crippen molar-refractivity contribution in [3.8, 4) is 0 Å². The van der Waals surface area contributed by atoms with E-state index in [1.165, 1.54) is 16.9 Å². The van der Waals surface area contributed by atoms with Crippen LogP contribution in [-0.2, 0) is 12.8 Å². The maximum absolute atomic E-state index is 11.9. The highest BCUT2D eigenvalue weighted by atomic mass is 16.1. The van der Waals surface area contributed by atoms with Crippen molar-refractivity contribution >= 4 is 17.3 Å². The fourth-order valence-corrected chi connectivity index (χ4v) is 4.14. The van der Waals surface area contributed by atoms with E-state index in [4.69, 9.17) is 5.73 Å². The molecule has 26 heavy (non-hydrogen) atoms. The van der Waals surface area contributed by atoms with Crippen molar-refractivity contribution in [2.24, 2.45) is 5.73 Å². The highest BCUT2D eigenvalue weighted by Gasteiger charge is 2.26. The molecule has 1 amide bonds. The second-order valence-corrected chi connectivity index (χ2v) is 6.85. The Hall–Kier alpha value is -2.33. The number of nitrogens with two attached hydrogens (primary N) is 1. The van der Waals surface area contributed by atoms with Crippen LogP contribution in [0.25, 0.3) is 0 Å². The van der Waals surface area contributed by atoms with Crippen molar-refractivity contribution in [3.63, 3.8) is 0 Å². The second-order valence-electron chi connectivity index (χ2n) is 6.85. The molecular formula is C22H29N3O. The first-order chi connectivity index (χ1) is 12.7. The molecule has 1 heterocycles. The summed E-state index contributed by atoms with van der Waals surface area (Å²) in [6.45, 7) is 6.33. The quantitative estimate of drug-likeness (QED) is 0.832. The standard InChI is InChI=1S/C22H29N3O/c1-3-18-19(4-2)21(11-10-20(18)22(23)26)25(16-8-6-5-7-9-16)17-12-14-24-15-13-17/h5-11,17,24H,3-4,12-15H2,1-2H3,(H2,23,26). The van der Waals surface area contributed by atoms with Crippen LogP contribution in [-0.4, -0.2) is 25.0 Å². The molecule has 1 fully saturated rings. The maximum atomic E-state index is 11.9. The number of hydrogen-bond donors (Lipinski definition) is 2. The molecule has 0 spiro atoms. The molecular weight excluding hydrogens is 322 g/mol. The molecule has 1 aliphatic heterocycles. The minimum atomic E-state index is -0.337. The normalized spacial score (nSPS) is 15.0. The van der Waals surface area contributed by atoms with E-state index < -0.39 is 0 Å². The van der Waals surface area contributed by atoms with Crippen molar-refractivity contribution in [1.29, 1.82) is 0 Å². The number of hydrogen-bond acceptors (Lipinski definition) is 3. The van der Waals surface area contributed by atoms with Crippen molar-refractivity contribution < 1.29 is 4.79 Å². The zero-order valence-corrected chi connectivity index (χ0v) is 15.8. The van der Waals surface area contributed by atoms with Crippen LogP contribution in [0, 0.1) is 0 Å². The minimum absolute atomic E-state index is 0.337. The fraction of sp³-hybridized carbons (Fsp3) is 0.409. The Morgan fingerprint density at radius 3 is 2.27 bits per heavy atom. The molecule has 2 aromatic carbocycles. The van der Waals surface area contributed by atoms with E-state index in [2.05, 4.69) is 60.5 Å². The maximum Gasteiger partial charge on any atom is 0.248 e. The Bertz CT molecular complexity index is 751. The summed E-state index contributed by atoms with van der Waals surface area (Å²) < 4.78 is 0. The van der Waals surface area contributed by atoms with E-state index in [0.29, 0.717) is 11.6 Å². The Morgan fingerprint density at radius 2 is 1.69 bits per heavy atom. The van der Waals surface area contributed by atoms with Crippen LogP contribution in [0.2, 0.25) is 0 Å². The Labute approximate surface area is 156 Å². The molecule has 3 rings (SSSR count). The van der Waals surface area contributed by atoms with Gasteiger partial charge in [0.25, 0.3) is 0 Å². The van der Waals surface area contributed by atoms with E-state index in [1.54, 1.807) is 0 Å². The monoisotopic (exact) mass is 351 g/mol. The summed E-state index contributed by atoms with van der Waals surface area (Å²) >= 11 is 0. The van der Waals surface area contributed by atoms with Gasteiger partial charge in [0.1, 0.15) is 0 Å². The fourth-order valence-electron chi connectivity index (χ4n) is 4.14. The zero-order valence-electron chi connectivity index (χ0n) is 15.8. The molecule has 4 heteroatoms. The molecule has 0 aromatic heterocycles. The van der Waals surface area contributed by atoms with Gasteiger partial charge in [-0.2, -0.15) is 0 Å². The number of benzene rings is 2. The lowest BCUT2D eigenvalue weighted by Crippen LogP contribution is -2.41. The molecule has 0 saturated carbocycles. The summed E-state index contributed by atoms with van der Waals surface area (Å²) in [6, 6.07) is 15.0. The number of carbonyl (C=O) groups is 1. The van der Waals surface area contributed by atoms with Gasteiger partial charge in [0, 0.05) is 23.0 Å². The first-order valence-electron chi connectivity index (χ1n) is 9.66. The number of piperidine rings is 1. The van der Waals surface area contributed by atoms with Gasteiger partial charge in [-0.3, -0.25) is 4.79 Å². The SMILES string of the molecule is CCc1c(C(N)=O)ccc(N(c2ccccc2)C2CCNCC2)c1CC. The van der Waals surface area contributed by atoms with E-state index in [1.807, 2.05) is 6.07 Å². The average molecular weight is 351 g/mol. The van der Waals surface area contributed by atoms with Crippen molar-refractivity contribution in [2.75, 3.05) is 18.0 Å². The van der Waals surface area contributed by atoms with Gasteiger partial charge in [0.2, 0.25) is 5.91 Å². The molecule has 4 nitrogen and oxygen atoms in total. The summed E-state index contributed by atoms with van der Waals surface area (Å²) in [5.74, 6) is -0.337. The topological polar surface area (TPSA) is 58.4 Å². The van der Waals surface area contributed by atoms with Crippen molar-refractivity contribution in [3.05, 3.63) is 59.2 Å². The van der Waals surface area contributed by atoms with Crippen LogP contribution in [0.3, 0.4) is 0 Å². The van der Waals surface area contributed by atoms with Crippen LogP contribution in [0.5, 0.6) is 0 Å². The van der Waals surface area contributed by atoms with E-state index in [0.717, 1.165) is 44.3 Å². The minimum Gasteiger partial charge on any atom is -0.366 e. The van der Waals surface area contributed by atoms with E-state index in [9.17, 15) is 4.79 Å².